The Hall–Kier alpha value is -1.30. The van der Waals surface area contributed by atoms with E-state index in [1.54, 1.807) is 5.57 Å². The first-order valence-corrected chi connectivity index (χ1v) is 8.63. The Morgan fingerprint density at radius 2 is 1.52 bits per heavy atom. The van der Waals surface area contributed by atoms with Crippen LogP contribution >= 0.6 is 0 Å². The summed E-state index contributed by atoms with van der Waals surface area (Å²) >= 11 is 0. The summed E-state index contributed by atoms with van der Waals surface area (Å²) in [5.41, 5.74) is 5.38. The molecule has 0 radical (unpaired) electrons. The first kappa shape index (κ1) is 17.8. The van der Waals surface area contributed by atoms with Crippen molar-refractivity contribution in [3.63, 3.8) is 0 Å². The summed E-state index contributed by atoms with van der Waals surface area (Å²) in [5, 5.41) is 0. The molecule has 0 atom stereocenters. The van der Waals surface area contributed by atoms with Crippen molar-refractivity contribution in [1.29, 1.82) is 0 Å². The molecule has 0 aromatic heterocycles. The van der Waals surface area contributed by atoms with E-state index < -0.39 is 0 Å². The van der Waals surface area contributed by atoms with E-state index in [0.29, 0.717) is 0 Å². The quantitative estimate of drug-likeness (QED) is 0.317. The van der Waals surface area contributed by atoms with Crippen LogP contribution in [-0.4, -0.2) is 0 Å². The van der Waals surface area contributed by atoms with Crippen LogP contribution in [0.3, 0.4) is 0 Å². The number of hydrogen-bond acceptors (Lipinski definition) is 0. The van der Waals surface area contributed by atoms with Crippen molar-refractivity contribution >= 4 is 5.57 Å². The minimum Gasteiger partial charge on any atom is -0.0912 e. The first-order valence-electron chi connectivity index (χ1n) is 8.63. The molecule has 0 bridgehead atoms. The first-order chi connectivity index (χ1) is 10.2. The summed E-state index contributed by atoms with van der Waals surface area (Å²) in [4.78, 5) is 0. The number of rotatable bonds is 10. The fourth-order valence-electron chi connectivity index (χ4n) is 2.73. The highest BCUT2D eigenvalue weighted by molar-refractivity contribution is 5.74. The molecule has 0 aliphatic rings. The average molecular weight is 284 g/mol. The molecule has 116 valence electrons. The molecule has 21 heavy (non-hydrogen) atoms. The maximum Gasteiger partial charge on any atom is -0.0161 e. The molecular formula is C21H32. The Kier molecular flexibility index (Phi) is 8.82. The monoisotopic (exact) mass is 284 g/mol. The summed E-state index contributed by atoms with van der Waals surface area (Å²) in [6, 6.07) is 8.56. The lowest BCUT2D eigenvalue weighted by Crippen LogP contribution is -1.90. The Balaban J connectivity index is 2.74. The number of unbranched alkanes of at least 4 members (excludes halogenated alkanes) is 4. The van der Waals surface area contributed by atoms with Crippen molar-refractivity contribution in [3.8, 4) is 0 Å². The molecule has 0 aliphatic heterocycles. The molecule has 1 rings (SSSR count). The van der Waals surface area contributed by atoms with Gasteiger partial charge in [-0.25, -0.2) is 0 Å². The number of hydrogen-bond donors (Lipinski definition) is 0. The topological polar surface area (TPSA) is 0 Å². The normalized spacial score (nSPS) is 10.4. The Morgan fingerprint density at radius 3 is 2.05 bits per heavy atom. The molecule has 0 saturated heterocycles. The van der Waals surface area contributed by atoms with Gasteiger partial charge in [0.05, 0.1) is 0 Å². The molecule has 0 spiro atoms. The van der Waals surface area contributed by atoms with E-state index in [0.717, 1.165) is 0 Å². The van der Waals surface area contributed by atoms with E-state index in [4.69, 9.17) is 0 Å². The lowest BCUT2D eigenvalue weighted by molar-refractivity contribution is 0.659. The van der Waals surface area contributed by atoms with Crippen molar-refractivity contribution < 1.29 is 0 Å². The van der Waals surface area contributed by atoms with Gasteiger partial charge in [-0.05, 0) is 49.3 Å². The van der Waals surface area contributed by atoms with Crippen LogP contribution in [0.1, 0.15) is 76.3 Å². The second-order valence-electron chi connectivity index (χ2n) is 6.06. The Bertz CT molecular complexity index is 439. The zero-order valence-corrected chi connectivity index (χ0v) is 14.3. The van der Waals surface area contributed by atoms with Crippen LogP contribution in [0.5, 0.6) is 0 Å². The van der Waals surface area contributed by atoms with Crippen LogP contribution < -0.4 is 0 Å². The van der Waals surface area contributed by atoms with Gasteiger partial charge in [0.25, 0.3) is 0 Å². The van der Waals surface area contributed by atoms with Crippen LogP contribution in [0.4, 0.5) is 0 Å². The van der Waals surface area contributed by atoms with Gasteiger partial charge >= 0.3 is 0 Å². The molecule has 0 heterocycles. The standard InChI is InChI=1S/C21H32/c1-5-7-9-14-20(15-10-8-6-2)17-19(4)21-16-12-11-13-18(21)3/h11-13,16-17H,4-10,14-15H2,1-3H3. The molecule has 0 N–H and O–H groups in total. The smallest absolute Gasteiger partial charge is 0.0161 e. The number of benzene rings is 1. The second kappa shape index (κ2) is 10.4. The van der Waals surface area contributed by atoms with E-state index in [1.165, 1.54) is 68.1 Å². The maximum atomic E-state index is 4.31. The second-order valence-corrected chi connectivity index (χ2v) is 6.06. The third kappa shape index (κ3) is 6.80. The fourth-order valence-corrected chi connectivity index (χ4v) is 2.73. The molecule has 1 aromatic carbocycles. The average Bonchev–Trinajstić information content (AvgIpc) is 2.48. The molecule has 0 unspecified atom stereocenters. The minimum absolute atomic E-state index is 1.18. The largest absolute Gasteiger partial charge is 0.0912 e. The van der Waals surface area contributed by atoms with Crippen LogP contribution in [-0.2, 0) is 0 Å². The van der Waals surface area contributed by atoms with E-state index in [2.05, 4.69) is 57.7 Å². The van der Waals surface area contributed by atoms with Crippen molar-refractivity contribution in [3.05, 3.63) is 53.6 Å². The van der Waals surface area contributed by atoms with Gasteiger partial charge in [0.1, 0.15) is 0 Å². The fraction of sp³-hybridized carbons (Fsp3) is 0.524. The molecule has 0 aliphatic carbocycles. The summed E-state index contributed by atoms with van der Waals surface area (Å²) in [5.74, 6) is 0. The molecule has 0 heteroatoms. The Morgan fingerprint density at radius 1 is 0.952 bits per heavy atom. The lowest BCUT2D eigenvalue weighted by atomic mass is 9.95. The van der Waals surface area contributed by atoms with Gasteiger partial charge in [-0.1, -0.05) is 82.0 Å². The molecule has 0 nitrogen and oxygen atoms in total. The Labute approximate surface area is 132 Å². The van der Waals surface area contributed by atoms with Gasteiger partial charge in [0.15, 0.2) is 0 Å². The summed E-state index contributed by atoms with van der Waals surface area (Å²) in [6.45, 7) is 11.0. The molecule has 0 amide bonds. The van der Waals surface area contributed by atoms with Crippen LogP contribution in [0.15, 0.2) is 42.5 Å². The van der Waals surface area contributed by atoms with E-state index >= 15 is 0 Å². The molecular weight excluding hydrogens is 252 g/mol. The molecule has 0 fully saturated rings. The van der Waals surface area contributed by atoms with Gasteiger partial charge < -0.3 is 0 Å². The summed E-state index contributed by atoms with van der Waals surface area (Å²) < 4.78 is 0. The number of allylic oxidation sites excluding steroid dienone is 3. The van der Waals surface area contributed by atoms with Crippen molar-refractivity contribution in [2.24, 2.45) is 0 Å². The van der Waals surface area contributed by atoms with Gasteiger partial charge in [-0.15, -0.1) is 0 Å². The van der Waals surface area contributed by atoms with Gasteiger partial charge in [-0.3, -0.25) is 0 Å². The van der Waals surface area contributed by atoms with Gasteiger partial charge in [0, 0.05) is 0 Å². The van der Waals surface area contributed by atoms with Crippen molar-refractivity contribution in [1.82, 2.24) is 0 Å². The third-order valence-corrected chi connectivity index (χ3v) is 4.07. The summed E-state index contributed by atoms with van der Waals surface area (Å²) in [6.07, 6.45) is 12.7. The highest BCUT2D eigenvalue weighted by atomic mass is 14.1. The van der Waals surface area contributed by atoms with Gasteiger partial charge in [0.2, 0.25) is 0 Å². The van der Waals surface area contributed by atoms with E-state index in [9.17, 15) is 0 Å². The molecule has 0 saturated carbocycles. The van der Waals surface area contributed by atoms with Crippen LogP contribution in [0.2, 0.25) is 0 Å². The minimum atomic E-state index is 1.18. The SMILES string of the molecule is C=C(C=C(CCCCC)CCCCC)c1ccccc1C. The van der Waals surface area contributed by atoms with E-state index in [1.807, 2.05) is 0 Å². The zero-order valence-electron chi connectivity index (χ0n) is 14.3. The van der Waals surface area contributed by atoms with Crippen molar-refractivity contribution in [2.45, 2.75) is 72.1 Å². The third-order valence-electron chi connectivity index (χ3n) is 4.07. The van der Waals surface area contributed by atoms with Gasteiger partial charge in [-0.2, -0.15) is 0 Å². The van der Waals surface area contributed by atoms with Crippen LogP contribution in [0.25, 0.3) is 5.57 Å². The highest BCUT2D eigenvalue weighted by Gasteiger charge is 2.03. The highest BCUT2D eigenvalue weighted by Crippen LogP contribution is 2.24. The number of aryl methyl sites for hydroxylation is 1. The predicted molar refractivity (Wildman–Crippen MR) is 96.6 cm³/mol. The summed E-state index contributed by atoms with van der Waals surface area (Å²) in [7, 11) is 0. The predicted octanol–water partition coefficient (Wildman–Crippen LogP) is 7.10. The maximum absolute atomic E-state index is 4.31. The van der Waals surface area contributed by atoms with Crippen molar-refractivity contribution in [2.75, 3.05) is 0 Å². The van der Waals surface area contributed by atoms with E-state index in [-0.39, 0.29) is 0 Å². The molecule has 1 aromatic rings. The zero-order chi connectivity index (χ0) is 15.5. The van der Waals surface area contributed by atoms with Crippen LogP contribution in [0, 0.1) is 6.92 Å². The lowest BCUT2D eigenvalue weighted by Gasteiger charge is -2.11.